The van der Waals surface area contributed by atoms with Crippen molar-refractivity contribution in [2.45, 2.75) is 96.3 Å². The molecule has 2 aliphatic heterocycles. The number of carbonyl (C=O) groups is 2. The first kappa shape index (κ1) is 34.5. The molecule has 3 aliphatic rings. The number of carbonyl (C=O) groups excluding carboxylic acids is 2. The van der Waals surface area contributed by atoms with Crippen LogP contribution in [0.3, 0.4) is 0 Å². The smallest absolute Gasteiger partial charge is 0.245 e. The number of rotatable bonds is 11. The summed E-state index contributed by atoms with van der Waals surface area (Å²) in [5, 5.41) is 7.39. The topological polar surface area (TPSA) is 67.9 Å². The molecule has 0 aromatic heterocycles. The number of nitrogens with zero attached hydrogens (tertiary/aromatic N) is 3. The van der Waals surface area contributed by atoms with Crippen molar-refractivity contribution in [1.82, 2.24) is 25.3 Å². The molecule has 0 radical (unpaired) electrons. The molecule has 2 aromatic rings. The number of piperazine rings is 1. The Morgan fingerprint density at radius 3 is 2.30 bits per heavy atom. The summed E-state index contributed by atoms with van der Waals surface area (Å²) in [6.45, 7) is 18.1. The molecule has 0 spiro atoms. The van der Waals surface area contributed by atoms with Crippen molar-refractivity contribution in [2.75, 3.05) is 39.3 Å². The van der Waals surface area contributed by atoms with Crippen molar-refractivity contribution < 1.29 is 9.59 Å². The molecule has 2 unspecified atom stereocenters. The predicted molar refractivity (Wildman–Crippen MR) is 188 cm³/mol. The fraction of sp³-hybridized carbons (Fsp3) is 0.579. The first-order valence-corrected chi connectivity index (χ1v) is 17.9. The molecule has 2 fully saturated rings. The van der Waals surface area contributed by atoms with Crippen LogP contribution in [0.5, 0.6) is 0 Å². The average Bonchev–Trinajstić information content (AvgIpc) is 3.06. The van der Waals surface area contributed by atoms with E-state index in [1.54, 1.807) is 0 Å². The third-order valence-electron chi connectivity index (χ3n) is 10.6. The molecule has 2 amide bonds. The Labute approximate surface area is 281 Å². The van der Waals surface area contributed by atoms with E-state index in [1.165, 1.54) is 48.9 Å². The Balaban J connectivity index is 1.30. The molecular weight excluding hydrogens is 594 g/mol. The molecule has 1 saturated carbocycles. The van der Waals surface area contributed by atoms with Gasteiger partial charge in [0.25, 0.3) is 0 Å². The summed E-state index contributed by atoms with van der Waals surface area (Å²) in [6.07, 6.45) is 7.39. The fourth-order valence-electron chi connectivity index (χ4n) is 8.07. The summed E-state index contributed by atoms with van der Waals surface area (Å²) in [6, 6.07) is 15.1. The minimum absolute atomic E-state index is 0.0183. The number of hydrogen-bond donors (Lipinski definition) is 2. The molecule has 7 nitrogen and oxygen atoms in total. The second-order valence-corrected chi connectivity index (χ2v) is 14.4. The Morgan fingerprint density at radius 2 is 1.65 bits per heavy atom. The van der Waals surface area contributed by atoms with Crippen molar-refractivity contribution in [3.8, 4) is 0 Å². The summed E-state index contributed by atoms with van der Waals surface area (Å²) in [5.41, 5.74) is 4.22. The van der Waals surface area contributed by atoms with Gasteiger partial charge in [0.15, 0.2) is 0 Å². The van der Waals surface area contributed by atoms with Crippen LogP contribution in [0.25, 0.3) is 0 Å². The third kappa shape index (κ3) is 7.98. The summed E-state index contributed by atoms with van der Waals surface area (Å²) in [7, 11) is 0. The summed E-state index contributed by atoms with van der Waals surface area (Å²) >= 11 is 6.17. The summed E-state index contributed by atoms with van der Waals surface area (Å²) in [4.78, 5) is 35.1. The van der Waals surface area contributed by atoms with Gasteiger partial charge >= 0.3 is 0 Å². The van der Waals surface area contributed by atoms with Gasteiger partial charge in [-0.15, -0.1) is 0 Å². The van der Waals surface area contributed by atoms with Gasteiger partial charge < -0.3 is 15.1 Å². The van der Waals surface area contributed by atoms with E-state index in [1.807, 2.05) is 41.3 Å². The van der Waals surface area contributed by atoms with Crippen molar-refractivity contribution >= 4 is 23.4 Å². The van der Waals surface area contributed by atoms with Gasteiger partial charge in [0.2, 0.25) is 11.8 Å². The lowest BCUT2D eigenvalue weighted by Crippen LogP contribution is -2.61. The van der Waals surface area contributed by atoms with Crippen LogP contribution in [0, 0.1) is 5.92 Å². The first-order valence-electron chi connectivity index (χ1n) is 17.5. The highest BCUT2D eigenvalue weighted by molar-refractivity contribution is 6.30. The molecular formula is C38H54ClN5O2. The number of benzene rings is 2. The monoisotopic (exact) mass is 647 g/mol. The van der Waals surface area contributed by atoms with Gasteiger partial charge in [-0.3, -0.25) is 19.8 Å². The van der Waals surface area contributed by atoms with Crippen LogP contribution in [-0.4, -0.2) is 83.9 Å². The third-order valence-corrected chi connectivity index (χ3v) is 10.8. The van der Waals surface area contributed by atoms with Gasteiger partial charge in [-0.05, 0) is 81.7 Å². The first-order chi connectivity index (χ1) is 22.1. The van der Waals surface area contributed by atoms with Gasteiger partial charge in [0.05, 0.1) is 12.1 Å². The molecule has 2 aromatic carbocycles. The van der Waals surface area contributed by atoms with Gasteiger partial charge in [-0.1, -0.05) is 73.8 Å². The number of likely N-dealkylation sites (N-methyl/N-ethyl adjacent to an activating group) is 1. The SMILES string of the molecule is C=C(C(C1CCCCC1)N1CCN(C(=O)[C@@H](Cc2ccc(Cl)cc2)NC(=O)C2Cc3ccccc3C(C)(C)N2)CC1)N(CC)CC. The van der Waals surface area contributed by atoms with Crippen molar-refractivity contribution in [2.24, 2.45) is 5.92 Å². The zero-order valence-electron chi connectivity index (χ0n) is 28.4. The molecule has 5 rings (SSSR count). The zero-order valence-corrected chi connectivity index (χ0v) is 29.1. The number of hydrogen-bond acceptors (Lipinski definition) is 5. The van der Waals surface area contributed by atoms with E-state index < -0.39 is 12.1 Å². The standard InChI is InChI=1S/C38H54ClN5O2/c1-6-42(7-2)27(3)35(29-13-9-8-10-14-29)43-21-23-44(24-22-43)37(46)34(25-28-17-19-31(39)20-18-28)40-36(45)33-26-30-15-11-12-16-32(30)38(4,5)41-33/h11-12,15-20,29,33-35,41H,3,6-10,13-14,21-26H2,1-2,4-5H3,(H,40,45)/t33?,34-,35?/m1/s1. The van der Waals surface area contributed by atoms with E-state index in [0.717, 1.165) is 31.7 Å². The second kappa shape index (κ2) is 15.4. The number of amides is 2. The van der Waals surface area contributed by atoms with Crippen molar-refractivity contribution in [3.05, 3.63) is 82.5 Å². The van der Waals surface area contributed by atoms with E-state index in [2.05, 4.69) is 66.8 Å². The normalized spacial score (nSPS) is 21.6. The molecule has 2 heterocycles. The van der Waals surface area contributed by atoms with Gasteiger partial charge in [0.1, 0.15) is 6.04 Å². The van der Waals surface area contributed by atoms with E-state index >= 15 is 0 Å². The zero-order chi connectivity index (χ0) is 32.8. The van der Waals surface area contributed by atoms with Gasteiger partial charge in [-0.25, -0.2) is 0 Å². The second-order valence-electron chi connectivity index (χ2n) is 13.9. The highest BCUT2D eigenvalue weighted by atomic mass is 35.5. The maximum absolute atomic E-state index is 14.2. The number of fused-ring (bicyclic) bond motifs is 1. The number of nitrogens with one attached hydrogen (secondary N) is 2. The molecule has 2 N–H and O–H groups in total. The summed E-state index contributed by atoms with van der Waals surface area (Å²) in [5.74, 6) is 0.454. The molecule has 1 aliphatic carbocycles. The van der Waals surface area contributed by atoms with Crippen molar-refractivity contribution in [3.63, 3.8) is 0 Å². The van der Waals surface area contributed by atoms with Crippen LogP contribution in [0.4, 0.5) is 0 Å². The van der Waals surface area contributed by atoms with Gasteiger partial charge in [-0.2, -0.15) is 0 Å². The highest BCUT2D eigenvalue weighted by Crippen LogP contribution is 2.34. The fourth-order valence-corrected chi connectivity index (χ4v) is 8.19. The Kier molecular flexibility index (Phi) is 11.5. The van der Waals surface area contributed by atoms with E-state index in [-0.39, 0.29) is 17.4 Å². The Hall–Kier alpha value is -2.87. The van der Waals surface area contributed by atoms with Crippen LogP contribution in [0.1, 0.15) is 76.5 Å². The highest BCUT2D eigenvalue weighted by Gasteiger charge is 2.39. The predicted octanol–water partition coefficient (Wildman–Crippen LogP) is 5.77. The van der Waals surface area contributed by atoms with E-state index in [9.17, 15) is 9.59 Å². The minimum atomic E-state index is -0.665. The molecule has 8 heteroatoms. The lowest BCUT2D eigenvalue weighted by atomic mass is 9.81. The summed E-state index contributed by atoms with van der Waals surface area (Å²) < 4.78 is 0. The lowest BCUT2D eigenvalue weighted by molar-refractivity contribution is -0.138. The quantitative estimate of drug-likeness (QED) is 0.325. The van der Waals surface area contributed by atoms with E-state index in [4.69, 9.17) is 11.6 Å². The largest absolute Gasteiger partial charge is 0.375 e. The Morgan fingerprint density at radius 1 is 1.00 bits per heavy atom. The molecule has 46 heavy (non-hydrogen) atoms. The van der Waals surface area contributed by atoms with Crippen LogP contribution in [-0.2, 0) is 28.0 Å². The maximum Gasteiger partial charge on any atom is 0.245 e. The molecule has 3 atom stereocenters. The maximum atomic E-state index is 14.2. The minimum Gasteiger partial charge on any atom is -0.375 e. The van der Waals surface area contributed by atoms with E-state index in [0.29, 0.717) is 42.9 Å². The van der Waals surface area contributed by atoms with Crippen LogP contribution in [0.15, 0.2) is 60.8 Å². The Bertz CT molecular complexity index is 1340. The lowest BCUT2D eigenvalue weighted by Gasteiger charge is -2.46. The molecule has 1 saturated heterocycles. The van der Waals surface area contributed by atoms with Crippen LogP contribution in [0.2, 0.25) is 5.02 Å². The number of halogens is 1. The average molecular weight is 648 g/mol. The van der Waals surface area contributed by atoms with Crippen LogP contribution >= 0.6 is 11.6 Å². The van der Waals surface area contributed by atoms with Crippen molar-refractivity contribution in [1.29, 1.82) is 0 Å². The van der Waals surface area contributed by atoms with Gasteiger partial charge in [0, 0.05) is 61.9 Å². The molecule has 250 valence electrons. The molecule has 0 bridgehead atoms. The van der Waals surface area contributed by atoms with Crippen LogP contribution < -0.4 is 10.6 Å².